The fourth-order valence-electron chi connectivity index (χ4n) is 1.74. The molecule has 19 heavy (non-hydrogen) atoms. The van der Waals surface area contributed by atoms with Crippen LogP contribution in [0.2, 0.25) is 0 Å². The highest BCUT2D eigenvalue weighted by atomic mass is 16.5. The van der Waals surface area contributed by atoms with Crippen molar-refractivity contribution in [2.24, 2.45) is 0 Å². The minimum Gasteiger partial charge on any atom is -0.466 e. The van der Waals surface area contributed by atoms with Crippen LogP contribution in [0.15, 0.2) is 0 Å². The Morgan fingerprint density at radius 3 is 1.89 bits per heavy atom. The SMILES string of the molecule is CCCCCCCOC(=O)CCCCC(=O)OCC. The molecule has 0 fully saturated rings. The molecule has 0 N–H and O–H groups in total. The Labute approximate surface area is 116 Å². The summed E-state index contributed by atoms with van der Waals surface area (Å²) in [5.41, 5.74) is 0. The molecule has 0 aromatic rings. The third kappa shape index (κ3) is 13.2. The number of rotatable bonds is 12. The Morgan fingerprint density at radius 1 is 0.737 bits per heavy atom. The van der Waals surface area contributed by atoms with E-state index in [0.717, 1.165) is 12.8 Å². The summed E-state index contributed by atoms with van der Waals surface area (Å²) < 4.78 is 9.93. The van der Waals surface area contributed by atoms with Gasteiger partial charge in [0.05, 0.1) is 13.2 Å². The number of esters is 2. The van der Waals surface area contributed by atoms with E-state index in [1.807, 2.05) is 0 Å². The van der Waals surface area contributed by atoms with Crippen molar-refractivity contribution in [1.82, 2.24) is 0 Å². The number of unbranched alkanes of at least 4 members (excludes halogenated alkanes) is 5. The summed E-state index contributed by atoms with van der Waals surface area (Å²) in [7, 11) is 0. The van der Waals surface area contributed by atoms with Crippen LogP contribution in [0.1, 0.15) is 71.6 Å². The van der Waals surface area contributed by atoms with Crippen LogP contribution in [-0.4, -0.2) is 25.2 Å². The molecule has 112 valence electrons. The van der Waals surface area contributed by atoms with Gasteiger partial charge in [-0.2, -0.15) is 0 Å². The van der Waals surface area contributed by atoms with E-state index in [9.17, 15) is 9.59 Å². The highest BCUT2D eigenvalue weighted by Crippen LogP contribution is 2.05. The summed E-state index contributed by atoms with van der Waals surface area (Å²) in [5, 5.41) is 0. The van der Waals surface area contributed by atoms with E-state index in [1.165, 1.54) is 19.3 Å². The quantitative estimate of drug-likeness (QED) is 0.402. The topological polar surface area (TPSA) is 52.6 Å². The lowest BCUT2D eigenvalue weighted by Gasteiger charge is -2.05. The van der Waals surface area contributed by atoms with Gasteiger partial charge >= 0.3 is 11.9 Å². The summed E-state index contributed by atoms with van der Waals surface area (Å²) in [6, 6.07) is 0. The van der Waals surface area contributed by atoms with Crippen molar-refractivity contribution in [3.63, 3.8) is 0 Å². The maximum absolute atomic E-state index is 11.4. The van der Waals surface area contributed by atoms with Crippen molar-refractivity contribution >= 4 is 11.9 Å². The lowest BCUT2D eigenvalue weighted by molar-refractivity contribution is -0.145. The van der Waals surface area contributed by atoms with Gasteiger partial charge in [-0.05, 0) is 26.2 Å². The average Bonchev–Trinajstić information content (AvgIpc) is 2.39. The first-order valence-corrected chi connectivity index (χ1v) is 7.52. The minimum absolute atomic E-state index is 0.153. The van der Waals surface area contributed by atoms with Gasteiger partial charge in [0.25, 0.3) is 0 Å². The molecule has 0 amide bonds. The van der Waals surface area contributed by atoms with Crippen molar-refractivity contribution < 1.29 is 19.1 Å². The lowest BCUT2D eigenvalue weighted by Crippen LogP contribution is -2.07. The fourth-order valence-corrected chi connectivity index (χ4v) is 1.74. The molecule has 4 nitrogen and oxygen atoms in total. The van der Waals surface area contributed by atoms with Crippen molar-refractivity contribution in [3.8, 4) is 0 Å². The van der Waals surface area contributed by atoms with Gasteiger partial charge in [0, 0.05) is 12.8 Å². The average molecular weight is 272 g/mol. The largest absolute Gasteiger partial charge is 0.466 e. The van der Waals surface area contributed by atoms with Gasteiger partial charge in [-0.3, -0.25) is 9.59 Å². The Hall–Kier alpha value is -1.06. The Morgan fingerprint density at radius 2 is 1.32 bits per heavy atom. The Bertz CT molecular complexity index is 238. The second-order valence-corrected chi connectivity index (χ2v) is 4.65. The highest BCUT2D eigenvalue weighted by Gasteiger charge is 2.05. The maximum atomic E-state index is 11.4. The van der Waals surface area contributed by atoms with E-state index in [-0.39, 0.29) is 11.9 Å². The molecule has 0 saturated carbocycles. The molecule has 0 rings (SSSR count). The predicted octanol–water partition coefficient (Wildman–Crippen LogP) is 3.62. The predicted molar refractivity (Wildman–Crippen MR) is 74.8 cm³/mol. The van der Waals surface area contributed by atoms with E-state index in [2.05, 4.69) is 6.92 Å². The molecule has 0 spiro atoms. The van der Waals surface area contributed by atoms with Gasteiger partial charge < -0.3 is 9.47 Å². The molecule has 0 saturated heterocycles. The van der Waals surface area contributed by atoms with Crippen LogP contribution in [0, 0.1) is 0 Å². The van der Waals surface area contributed by atoms with Gasteiger partial charge in [0.2, 0.25) is 0 Å². The van der Waals surface area contributed by atoms with Crippen LogP contribution in [0.5, 0.6) is 0 Å². The molecule has 0 aromatic heterocycles. The van der Waals surface area contributed by atoms with Crippen LogP contribution < -0.4 is 0 Å². The van der Waals surface area contributed by atoms with E-state index in [4.69, 9.17) is 9.47 Å². The molecule has 0 aliphatic carbocycles. The molecular formula is C15H28O4. The minimum atomic E-state index is -0.188. The smallest absolute Gasteiger partial charge is 0.305 e. The van der Waals surface area contributed by atoms with Crippen molar-refractivity contribution in [2.45, 2.75) is 71.6 Å². The van der Waals surface area contributed by atoms with E-state index >= 15 is 0 Å². The zero-order valence-electron chi connectivity index (χ0n) is 12.4. The lowest BCUT2D eigenvalue weighted by atomic mass is 10.2. The second kappa shape index (κ2) is 13.4. The molecule has 0 atom stereocenters. The van der Waals surface area contributed by atoms with E-state index < -0.39 is 0 Å². The standard InChI is InChI=1S/C15H28O4/c1-3-5-6-7-10-13-19-15(17)12-9-8-11-14(16)18-4-2/h3-13H2,1-2H3. The van der Waals surface area contributed by atoms with Crippen molar-refractivity contribution in [1.29, 1.82) is 0 Å². The number of hydrogen-bond donors (Lipinski definition) is 0. The van der Waals surface area contributed by atoms with E-state index in [0.29, 0.717) is 38.9 Å². The van der Waals surface area contributed by atoms with Crippen LogP contribution in [-0.2, 0) is 19.1 Å². The molecule has 4 heteroatoms. The number of carbonyl (C=O) groups is 2. The molecule has 0 heterocycles. The van der Waals surface area contributed by atoms with Gasteiger partial charge in [0.15, 0.2) is 0 Å². The van der Waals surface area contributed by atoms with Crippen LogP contribution >= 0.6 is 0 Å². The molecule has 0 unspecified atom stereocenters. The fraction of sp³-hybridized carbons (Fsp3) is 0.867. The first kappa shape index (κ1) is 17.9. The van der Waals surface area contributed by atoms with Gasteiger partial charge in [-0.15, -0.1) is 0 Å². The first-order chi connectivity index (χ1) is 9.20. The zero-order valence-corrected chi connectivity index (χ0v) is 12.4. The van der Waals surface area contributed by atoms with Gasteiger partial charge in [-0.25, -0.2) is 0 Å². The molecule has 0 radical (unpaired) electrons. The molecule has 0 aromatic carbocycles. The highest BCUT2D eigenvalue weighted by molar-refractivity contribution is 5.70. The molecular weight excluding hydrogens is 244 g/mol. The summed E-state index contributed by atoms with van der Waals surface area (Å²) in [6.45, 7) is 4.91. The number of carbonyl (C=O) groups excluding carboxylic acids is 2. The summed E-state index contributed by atoms with van der Waals surface area (Å²) in [4.78, 5) is 22.4. The van der Waals surface area contributed by atoms with E-state index in [1.54, 1.807) is 6.92 Å². The molecule has 0 aliphatic heterocycles. The van der Waals surface area contributed by atoms with Gasteiger partial charge in [0.1, 0.15) is 0 Å². The third-order valence-corrected chi connectivity index (χ3v) is 2.83. The third-order valence-electron chi connectivity index (χ3n) is 2.83. The summed E-state index contributed by atoms with van der Waals surface area (Å²) in [5.74, 6) is -0.342. The van der Waals surface area contributed by atoms with Crippen LogP contribution in [0.3, 0.4) is 0 Å². The first-order valence-electron chi connectivity index (χ1n) is 7.52. The van der Waals surface area contributed by atoms with Gasteiger partial charge in [-0.1, -0.05) is 32.6 Å². The second-order valence-electron chi connectivity index (χ2n) is 4.65. The van der Waals surface area contributed by atoms with Crippen molar-refractivity contribution in [2.75, 3.05) is 13.2 Å². The molecule has 0 bridgehead atoms. The summed E-state index contributed by atoms with van der Waals surface area (Å²) in [6.07, 6.45) is 7.93. The maximum Gasteiger partial charge on any atom is 0.305 e. The normalized spacial score (nSPS) is 10.2. The Kier molecular flexibility index (Phi) is 12.6. The number of hydrogen-bond acceptors (Lipinski definition) is 4. The zero-order chi connectivity index (χ0) is 14.3. The number of ether oxygens (including phenoxy) is 2. The Balaban J connectivity index is 3.28. The van der Waals surface area contributed by atoms with Crippen LogP contribution in [0.25, 0.3) is 0 Å². The monoisotopic (exact) mass is 272 g/mol. The molecule has 0 aliphatic rings. The van der Waals surface area contributed by atoms with Crippen molar-refractivity contribution in [3.05, 3.63) is 0 Å². The van der Waals surface area contributed by atoms with Crippen LogP contribution in [0.4, 0.5) is 0 Å². The summed E-state index contributed by atoms with van der Waals surface area (Å²) >= 11 is 0.